The van der Waals surface area contributed by atoms with Crippen molar-refractivity contribution in [3.05, 3.63) is 87.4 Å². The number of nitrogens with one attached hydrogen (secondary N) is 1. The maximum Gasteiger partial charge on any atom is 0.271 e. The molecule has 0 aromatic heterocycles. The largest absolute Gasteiger partial charge is 0.497 e. The van der Waals surface area contributed by atoms with Crippen LogP contribution >= 0.6 is 23.2 Å². The van der Waals surface area contributed by atoms with E-state index in [-0.39, 0.29) is 12.5 Å². The summed E-state index contributed by atoms with van der Waals surface area (Å²) in [5, 5.41) is 5.06. The van der Waals surface area contributed by atoms with Gasteiger partial charge in [0.25, 0.3) is 5.91 Å². The van der Waals surface area contributed by atoms with Crippen LogP contribution in [-0.4, -0.2) is 26.3 Å². The summed E-state index contributed by atoms with van der Waals surface area (Å²) in [6, 6.07) is 17.3. The van der Waals surface area contributed by atoms with Crippen LogP contribution in [0.1, 0.15) is 21.5 Å². The van der Waals surface area contributed by atoms with Crippen LogP contribution in [0.25, 0.3) is 0 Å². The van der Waals surface area contributed by atoms with E-state index in [4.69, 9.17) is 37.4 Å². The zero-order valence-electron chi connectivity index (χ0n) is 16.9. The van der Waals surface area contributed by atoms with Crippen molar-refractivity contribution < 1.29 is 19.0 Å². The van der Waals surface area contributed by atoms with Crippen LogP contribution in [0.2, 0.25) is 10.0 Å². The van der Waals surface area contributed by atoms with Crippen LogP contribution in [0.3, 0.4) is 0 Å². The fourth-order valence-corrected chi connectivity index (χ4v) is 3.18. The molecule has 3 aromatic rings. The quantitative estimate of drug-likeness (QED) is 0.364. The van der Waals surface area contributed by atoms with Gasteiger partial charge in [0.1, 0.15) is 12.4 Å². The second-order valence-electron chi connectivity index (χ2n) is 6.33. The van der Waals surface area contributed by atoms with Crippen LogP contribution in [0, 0.1) is 0 Å². The molecule has 0 fully saturated rings. The van der Waals surface area contributed by atoms with E-state index in [0.717, 1.165) is 5.56 Å². The molecular formula is C23H20Cl2N2O4. The number of rotatable bonds is 8. The van der Waals surface area contributed by atoms with Crippen molar-refractivity contribution in [2.75, 3.05) is 14.2 Å². The standard InChI is InChI=1S/C23H20Cl2N2O4/c1-29-17-9-7-16(8-10-17)23(28)27-26-13-15-6-11-21(22(12-15)30-2)31-14-18-19(24)4-3-5-20(18)25/h3-13H,14H2,1-2H3,(H,27,28)/b26-13+. The summed E-state index contributed by atoms with van der Waals surface area (Å²) in [6.45, 7) is 0.195. The predicted molar refractivity (Wildman–Crippen MR) is 122 cm³/mol. The second kappa shape index (κ2) is 10.7. The number of ether oxygens (including phenoxy) is 3. The Balaban J connectivity index is 1.64. The van der Waals surface area contributed by atoms with Gasteiger partial charge in [0, 0.05) is 21.2 Å². The van der Waals surface area contributed by atoms with Crippen LogP contribution < -0.4 is 19.6 Å². The molecule has 0 aliphatic rings. The minimum Gasteiger partial charge on any atom is -0.497 e. The number of hydrogen-bond acceptors (Lipinski definition) is 5. The Morgan fingerprint density at radius 1 is 0.968 bits per heavy atom. The number of halogens is 2. The monoisotopic (exact) mass is 458 g/mol. The van der Waals surface area contributed by atoms with Gasteiger partial charge in [-0.05, 0) is 60.2 Å². The number of methoxy groups -OCH3 is 2. The van der Waals surface area contributed by atoms with E-state index in [9.17, 15) is 4.79 Å². The Labute approximate surface area is 190 Å². The molecule has 0 aliphatic heterocycles. The minimum absolute atomic E-state index is 0.195. The third-order valence-corrected chi connectivity index (χ3v) is 5.06. The first-order chi connectivity index (χ1) is 15.0. The maximum absolute atomic E-state index is 12.2. The molecule has 0 saturated heterocycles. The molecule has 160 valence electrons. The molecule has 0 heterocycles. The van der Waals surface area contributed by atoms with Crippen molar-refractivity contribution >= 4 is 35.3 Å². The van der Waals surface area contributed by atoms with Crippen molar-refractivity contribution in [1.82, 2.24) is 5.43 Å². The number of nitrogens with zero attached hydrogens (tertiary/aromatic N) is 1. The third kappa shape index (κ3) is 5.90. The molecule has 8 heteroatoms. The summed E-state index contributed by atoms with van der Waals surface area (Å²) in [4.78, 5) is 12.2. The highest BCUT2D eigenvalue weighted by molar-refractivity contribution is 6.35. The van der Waals surface area contributed by atoms with E-state index in [2.05, 4.69) is 10.5 Å². The van der Waals surface area contributed by atoms with Gasteiger partial charge in [0.15, 0.2) is 11.5 Å². The van der Waals surface area contributed by atoms with Gasteiger partial charge in [-0.2, -0.15) is 5.10 Å². The number of benzene rings is 3. The molecule has 0 radical (unpaired) electrons. The molecule has 0 bridgehead atoms. The Hall–Kier alpha value is -3.22. The number of carbonyl (C=O) groups is 1. The smallest absolute Gasteiger partial charge is 0.271 e. The van der Waals surface area contributed by atoms with Gasteiger partial charge in [0.2, 0.25) is 0 Å². The average Bonchev–Trinajstić information content (AvgIpc) is 2.79. The third-order valence-electron chi connectivity index (χ3n) is 4.35. The lowest BCUT2D eigenvalue weighted by Crippen LogP contribution is -2.17. The first-order valence-electron chi connectivity index (χ1n) is 9.23. The molecule has 31 heavy (non-hydrogen) atoms. The van der Waals surface area contributed by atoms with Gasteiger partial charge in [0.05, 0.1) is 20.4 Å². The van der Waals surface area contributed by atoms with E-state index in [1.165, 1.54) is 13.3 Å². The zero-order chi connectivity index (χ0) is 22.2. The van der Waals surface area contributed by atoms with Gasteiger partial charge >= 0.3 is 0 Å². The van der Waals surface area contributed by atoms with Crippen molar-refractivity contribution in [3.8, 4) is 17.2 Å². The highest BCUT2D eigenvalue weighted by Gasteiger charge is 2.10. The van der Waals surface area contributed by atoms with E-state index < -0.39 is 0 Å². The normalized spacial score (nSPS) is 10.7. The molecule has 0 aliphatic carbocycles. The molecule has 1 N–H and O–H groups in total. The maximum atomic E-state index is 12.2. The summed E-state index contributed by atoms with van der Waals surface area (Å²) < 4.78 is 16.3. The molecule has 3 rings (SSSR count). The van der Waals surface area contributed by atoms with Gasteiger partial charge in [-0.15, -0.1) is 0 Å². The summed E-state index contributed by atoms with van der Waals surface area (Å²) >= 11 is 12.4. The van der Waals surface area contributed by atoms with Gasteiger partial charge in [-0.3, -0.25) is 4.79 Å². The van der Waals surface area contributed by atoms with Crippen molar-refractivity contribution in [1.29, 1.82) is 0 Å². The molecule has 6 nitrogen and oxygen atoms in total. The molecule has 0 atom stereocenters. The molecule has 0 saturated carbocycles. The van der Waals surface area contributed by atoms with Crippen LogP contribution in [0.4, 0.5) is 0 Å². The van der Waals surface area contributed by atoms with Crippen LogP contribution in [0.15, 0.2) is 65.8 Å². The number of hydrazone groups is 1. The predicted octanol–water partition coefficient (Wildman–Crippen LogP) is 5.35. The molecule has 0 spiro atoms. The first-order valence-corrected chi connectivity index (χ1v) is 9.98. The fourth-order valence-electron chi connectivity index (χ4n) is 2.68. The summed E-state index contributed by atoms with van der Waals surface area (Å²) in [5.74, 6) is 1.38. The lowest BCUT2D eigenvalue weighted by atomic mass is 10.2. The van der Waals surface area contributed by atoms with E-state index in [1.54, 1.807) is 67.8 Å². The second-order valence-corrected chi connectivity index (χ2v) is 7.14. The summed E-state index contributed by atoms with van der Waals surface area (Å²) in [6.07, 6.45) is 1.51. The Morgan fingerprint density at radius 3 is 2.32 bits per heavy atom. The van der Waals surface area contributed by atoms with Gasteiger partial charge in [-0.1, -0.05) is 29.3 Å². The van der Waals surface area contributed by atoms with E-state index >= 15 is 0 Å². The van der Waals surface area contributed by atoms with E-state index in [0.29, 0.717) is 38.4 Å². The lowest BCUT2D eigenvalue weighted by Gasteiger charge is -2.13. The fraction of sp³-hybridized carbons (Fsp3) is 0.130. The minimum atomic E-state index is -0.331. The van der Waals surface area contributed by atoms with Gasteiger partial charge < -0.3 is 14.2 Å². The first kappa shape index (κ1) is 22.5. The Morgan fingerprint density at radius 2 is 1.68 bits per heavy atom. The molecule has 1 amide bonds. The van der Waals surface area contributed by atoms with Gasteiger partial charge in [-0.25, -0.2) is 5.43 Å². The van der Waals surface area contributed by atoms with Crippen molar-refractivity contribution in [2.24, 2.45) is 5.10 Å². The zero-order valence-corrected chi connectivity index (χ0v) is 18.4. The molecule has 3 aromatic carbocycles. The SMILES string of the molecule is COc1ccc(C(=O)N/N=C/c2ccc(OCc3c(Cl)cccc3Cl)c(OC)c2)cc1. The summed E-state index contributed by atoms with van der Waals surface area (Å²) in [5.41, 5.74) is 4.37. The number of amides is 1. The van der Waals surface area contributed by atoms with Crippen molar-refractivity contribution in [2.45, 2.75) is 6.61 Å². The topological polar surface area (TPSA) is 69.2 Å². The van der Waals surface area contributed by atoms with Crippen LogP contribution in [-0.2, 0) is 6.61 Å². The lowest BCUT2D eigenvalue weighted by molar-refractivity contribution is 0.0955. The number of carbonyl (C=O) groups excluding carboxylic acids is 1. The average molecular weight is 459 g/mol. The number of hydrogen-bond donors (Lipinski definition) is 1. The van der Waals surface area contributed by atoms with Crippen molar-refractivity contribution in [3.63, 3.8) is 0 Å². The molecule has 0 unspecified atom stereocenters. The molecular weight excluding hydrogens is 439 g/mol. The van der Waals surface area contributed by atoms with E-state index in [1.807, 2.05) is 0 Å². The Bertz CT molecular complexity index is 1070. The highest BCUT2D eigenvalue weighted by atomic mass is 35.5. The van der Waals surface area contributed by atoms with Crippen LogP contribution in [0.5, 0.6) is 17.2 Å². The Kier molecular flexibility index (Phi) is 7.76. The highest BCUT2D eigenvalue weighted by Crippen LogP contribution is 2.31. The summed E-state index contributed by atoms with van der Waals surface area (Å²) in [7, 11) is 3.10.